The van der Waals surface area contributed by atoms with Gasteiger partial charge in [0.15, 0.2) is 0 Å². The van der Waals surface area contributed by atoms with E-state index in [9.17, 15) is 13.2 Å². The molecule has 0 radical (unpaired) electrons. The number of hydrogen-bond acceptors (Lipinski definition) is 5. The molecular formula is C17H21NO5S. The minimum absolute atomic E-state index is 0.127. The summed E-state index contributed by atoms with van der Waals surface area (Å²) in [6.07, 6.45) is 0. The number of rotatable bonds is 6. The highest BCUT2D eigenvalue weighted by molar-refractivity contribution is 7.88. The molecule has 24 heavy (non-hydrogen) atoms. The molecule has 0 N–H and O–H groups in total. The van der Waals surface area contributed by atoms with Crippen LogP contribution in [-0.4, -0.2) is 32.8 Å². The molecule has 0 atom stereocenters. The minimum atomic E-state index is -3.64. The molecule has 0 bridgehead atoms. The number of carbonyl (C=O) groups is 1. The molecule has 1 aromatic carbocycles. The highest BCUT2D eigenvalue weighted by atomic mass is 32.2. The number of hydrogen-bond donors (Lipinski definition) is 0. The molecule has 0 unspecified atom stereocenters. The van der Waals surface area contributed by atoms with Crippen molar-refractivity contribution in [1.29, 1.82) is 0 Å². The smallest absolute Gasteiger partial charge is 0.316 e. The zero-order valence-corrected chi connectivity index (χ0v) is 15.0. The second-order valence-corrected chi connectivity index (χ2v) is 8.16. The molecule has 2 rings (SSSR count). The third-order valence-electron chi connectivity index (χ3n) is 3.72. The summed E-state index contributed by atoms with van der Waals surface area (Å²) in [5, 5.41) is -0.180. The molecule has 1 aromatic heterocycles. The van der Waals surface area contributed by atoms with Gasteiger partial charge < -0.3 is 9.15 Å². The Morgan fingerprint density at radius 2 is 1.75 bits per heavy atom. The van der Waals surface area contributed by atoms with Gasteiger partial charge in [0.05, 0.1) is 5.41 Å². The molecule has 130 valence electrons. The highest BCUT2D eigenvalue weighted by Gasteiger charge is 2.31. The van der Waals surface area contributed by atoms with E-state index in [1.807, 2.05) is 30.3 Å². The van der Waals surface area contributed by atoms with Crippen molar-refractivity contribution in [3.63, 3.8) is 0 Å². The Kier molecular flexibility index (Phi) is 5.15. The normalized spacial score (nSPS) is 12.4. The molecule has 1 heterocycles. The fourth-order valence-corrected chi connectivity index (χ4v) is 2.86. The third-order valence-corrected chi connectivity index (χ3v) is 5.41. The summed E-state index contributed by atoms with van der Waals surface area (Å²) in [6.45, 7) is 3.42. The molecule has 0 amide bonds. The van der Waals surface area contributed by atoms with Crippen LogP contribution in [0.15, 0.2) is 52.0 Å². The summed E-state index contributed by atoms with van der Waals surface area (Å²) in [5.74, 6) is -0.144. The SMILES string of the molecule is CN(C)S(=O)(=O)c1ccc(COC(=O)C(C)(C)c2ccccc2)o1. The average molecular weight is 351 g/mol. The van der Waals surface area contributed by atoms with Crippen molar-refractivity contribution in [3.05, 3.63) is 53.8 Å². The molecule has 6 nitrogen and oxygen atoms in total. The van der Waals surface area contributed by atoms with E-state index in [0.717, 1.165) is 9.87 Å². The van der Waals surface area contributed by atoms with E-state index < -0.39 is 21.4 Å². The summed E-state index contributed by atoms with van der Waals surface area (Å²) < 4.78 is 35.5. The van der Waals surface area contributed by atoms with Crippen molar-refractivity contribution in [3.8, 4) is 0 Å². The summed E-state index contributed by atoms with van der Waals surface area (Å²) >= 11 is 0. The zero-order valence-electron chi connectivity index (χ0n) is 14.1. The first-order valence-electron chi connectivity index (χ1n) is 7.39. The molecule has 0 aliphatic heterocycles. The van der Waals surface area contributed by atoms with Crippen LogP contribution in [0.4, 0.5) is 0 Å². The molecule has 2 aromatic rings. The van der Waals surface area contributed by atoms with E-state index in [0.29, 0.717) is 0 Å². The third kappa shape index (κ3) is 3.68. The van der Waals surface area contributed by atoms with Crippen LogP contribution in [0.2, 0.25) is 0 Å². The highest BCUT2D eigenvalue weighted by Crippen LogP contribution is 2.25. The summed E-state index contributed by atoms with van der Waals surface area (Å²) in [7, 11) is -0.807. The number of sulfonamides is 1. The van der Waals surface area contributed by atoms with Crippen LogP contribution in [0.25, 0.3) is 0 Å². The standard InChI is InChI=1S/C17H21NO5S/c1-17(2,13-8-6-5-7-9-13)16(19)22-12-14-10-11-15(23-14)24(20,21)18(3)4/h5-11H,12H2,1-4H3. The monoisotopic (exact) mass is 351 g/mol. The Balaban J connectivity index is 2.07. The van der Waals surface area contributed by atoms with Crippen LogP contribution < -0.4 is 0 Å². The Morgan fingerprint density at radius 1 is 1.12 bits per heavy atom. The average Bonchev–Trinajstić information content (AvgIpc) is 3.02. The number of carbonyl (C=O) groups excluding carboxylic acids is 1. The fourth-order valence-electron chi connectivity index (χ4n) is 2.04. The van der Waals surface area contributed by atoms with Crippen LogP contribution in [0.3, 0.4) is 0 Å². The summed E-state index contributed by atoms with van der Waals surface area (Å²) in [4.78, 5) is 12.4. The Morgan fingerprint density at radius 3 is 2.33 bits per heavy atom. The van der Waals surface area contributed by atoms with Gasteiger partial charge in [-0.25, -0.2) is 12.7 Å². The van der Waals surface area contributed by atoms with Crippen LogP contribution >= 0.6 is 0 Å². The molecule has 7 heteroatoms. The van der Waals surface area contributed by atoms with Crippen LogP contribution in [0.1, 0.15) is 25.2 Å². The van der Waals surface area contributed by atoms with E-state index in [1.165, 1.54) is 26.2 Å². The van der Waals surface area contributed by atoms with Crippen molar-refractivity contribution in [1.82, 2.24) is 4.31 Å². The molecular weight excluding hydrogens is 330 g/mol. The molecule has 0 aliphatic carbocycles. The van der Waals surface area contributed by atoms with Crippen molar-refractivity contribution >= 4 is 16.0 Å². The summed E-state index contributed by atoms with van der Waals surface area (Å²) in [6, 6.07) is 12.1. The van der Waals surface area contributed by atoms with E-state index in [4.69, 9.17) is 9.15 Å². The van der Waals surface area contributed by atoms with Gasteiger partial charge in [0.1, 0.15) is 12.4 Å². The molecule has 0 fully saturated rings. The quantitative estimate of drug-likeness (QED) is 0.748. The minimum Gasteiger partial charge on any atom is -0.457 e. The van der Waals surface area contributed by atoms with Crippen molar-refractivity contribution < 1.29 is 22.4 Å². The first-order chi connectivity index (χ1) is 11.2. The maximum atomic E-state index is 12.4. The number of ether oxygens (including phenoxy) is 1. The van der Waals surface area contributed by atoms with E-state index in [2.05, 4.69) is 0 Å². The van der Waals surface area contributed by atoms with E-state index >= 15 is 0 Å². The molecule has 0 spiro atoms. The lowest BCUT2D eigenvalue weighted by molar-refractivity contribution is -0.151. The van der Waals surface area contributed by atoms with Gasteiger partial charge in [0.2, 0.25) is 5.09 Å². The topological polar surface area (TPSA) is 76.8 Å². The number of esters is 1. The largest absolute Gasteiger partial charge is 0.457 e. The van der Waals surface area contributed by atoms with Gasteiger partial charge in [0, 0.05) is 14.1 Å². The van der Waals surface area contributed by atoms with Crippen LogP contribution in [0.5, 0.6) is 0 Å². The second kappa shape index (κ2) is 6.78. The van der Waals surface area contributed by atoms with Crippen LogP contribution in [0, 0.1) is 0 Å². The van der Waals surface area contributed by atoms with E-state index in [-0.39, 0.29) is 17.5 Å². The van der Waals surface area contributed by atoms with Crippen LogP contribution in [-0.2, 0) is 31.6 Å². The molecule has 0 aliphatic rings. The Hall–Kier alpha value is -2.12. The van der Waals surface area contributed by atoms with Gasteiger partial charge in [0.25, 0.3) is 10.0 Å². The van der Waals surface area contributed by atoms with Gasteiger partial charge in [-0.1, -0.05) is 30.3 Å². The van der Waals surface area contributed by atoms with Crippen molar-refractivity contribution in [2.24, 2.45) is 0 Å². The maximum absolute atomic E-state index is 12.4. The second-order valence-electron chi connectivity index (χ2n) is 6.08. The molecule has 0 saturated carbocycles. The lowest BCUT2D eigenvalue weighted by Crippen LogP contribution is -2.30. The predicted molar refractivity (Wildman–Crippen MR) is 88.8 cm³/mol. The molecule has 0 saturated heterocycles. The maximum Gasteiger partial charge on any atom is 0.316 e. The number of benzene rings is 1. The van der Waals surface area contributed by atoms with Gasteiger partial charge >= 0.3 is 5.97 Å². The number of nitrogens with zero attached hydrogens (tertiary/aromatic N) is 1. The first kappa shape index (κ1) is 18.2. The fraction of sp³-hybridized carbons (Fsp3) is 0.353. The van der Waals surface area contributed by atoms with E-state index in [1.54, 1.807) is 13.8 Å². The van der Waals surface area contributed by atoms with Gasteiger partial charge in [-0.3, -0.25) is 4.79 Å². The lowest BCUT2D eigenvalue weighted by Gasteiger charge is -2.22. The zero-order chi connectivity index (χ0) is 18.0. The predicted octanol–water partition coefficient (Wildman–Crippen LogP) is 2.55. The van der Waals surface area contributed by atoms with Crippen molar-refractivity contribution in [2.45, 2.75) is 31.0 Å². The van der Waals surface area contributed by atoms with Gasteiger partial charge in [-0.15, -0.1) is 0 Å². The Bertz CT molecular complexity index is 807. The van der Waals surface area contributed by atoms with Gasteiger partial charge in [-0.2, -0.15) is 0 Å². The summed E-state index contributed by atoms with van der Waals surface area (Å²) in [5.41, 5.74) is 0.0252. The lowest BCUT2D eigenvalue weighted by atomic mass is 9.85. The first-order valence-corrected chi connectivity index (χ1v) is 8.83. The number of furan rings is 1. The van der Waals surface area contributed by atoms with Crippen molar-refractivity contribution in [2.75, 3.05) is 14.1 Å². The Labute approximate surface area is 142 Å². The van der Waals surface area contributed by atoms with Gasteiger partial charge in [-0.05, 0) is 31.5 Å².